The van der Waals surface area contributed by atoms with Gasteiger partial charge in [0.25, 0.3) is 0 Å². The molecule has 0 atom stereocenters. The van der Waals surface area contributed by atoms with Gasteiger partial charge in [-0.05, 0) is 51.7 Å². The first-order valence-electron chi connectivity index (χ1n) is 7.71. The molecule has 1 aliphatic rings. The molecular weight excluding hydrogens is 264 g/mol. The van der Waals surface area contributed by atoms with Crippen molar-refractivity contribution in [2.75, 3.05) is 5.32 Å². The maximum Gasteiger partial charge on any atom is 0.407 e. The first-order valence-corrected chi connectivity index (χ1v) is 7.71. The van der Waals surface area contributed by atoms with Gasteiger partial charge in [0.05, 0.1) is 0 Å². The van der Waals surface area contributed by atoms with Gasteiger partial charge in [0.2, 0.25) is 0 Å². The number of rotatable bonds is 4. The van der Waals surface area contributed by atoms with Crippen molar-refractivity contribution in [2.24, 2.45) is 0 Å². The zero-order valence-electron chi connectivity index (χ0n) is 13.4. The highest BCUT2D eigenvalue weighted by Gasteiger charge is 2.31. The SMILES string of the molecule is CCc1ccccc1NC1CC(NC(=O)OC(C)(C)C)C1. The van der Waals surface area contributed by atoms with Crippen LogP contribution in [0.25, 0.3) is 0 Å². The zero-order chi connectivity index (χ0) is 15.5. The Morgan fingerprint density at radius 2 is 1.90 bits per heavy atom. The summed E-state index contributed by atoms with van der Waals surface area (Å²) in [6, 6.07) is 9.03. The van der Waals surface area contributed by atoms with Gasteiger partial charge >= 0.3 is 6.09 Å². The second-order valence-corrected chi connectivity index (χ2v) is 6.67. The molecule has 0 bridgehead atoms. The van der Waals surface area contributed by atoms with E-state index in [4.69, 9.17) is 4.74 Å². The molecular formula is C17H26N2O2. The number of carbonyl (C=O) groups is 1. The molecule has 1 saturated carbocycles. The Balaban J connectivity index is 1.76. The summed E-state index contributed by atoms with van der Waals surface area (Å²) < 4.78 is 5.26. The van der Waals surface area contributed by atoms with Crippen molar-refractivity contribution in [1.82, 2.24) is 5.32 Å². The van der Waals surface area contributed by atoms with Crippen LogP contribution in [0.3, 0.4) is 0 Å². The van der Waals surface area contributed by atoms with Crippen molar-refractivity contribution < 1.29 is 9.53 Å². The van der Waals surface area contributed by atoms with Crippen LogP contribution in [0.1, 0.15) is 46.1 Å². The number of para-hydroxylation sites is 1. The van der Waals surface area contributed by atoms with Crippen molar-refractivity contribution in [1.29, 1.82) is 0 Å². The molecule has 0 spiro atoms. The summed E-state index contributed by atoms with van der Waals surface area (Å²) in [5, 5.41) is 6.47. The van der Waals surface area contributed by atoms with Gasteiger partial charge in [0.1, 0.15) is 5.60 Å². The van der Waals surface area contributed by atoms with Gasteiger partial charge in [-0.25, -0.2) is 4.79 Å². The van der Waals surface area contributed by atoms with E-state index >= 15 is 0 Å². The fraction of sp³-hybridized carbons (Fsp3) is 0.588. The van der Waals surface area contributed by atoms with Crippen LogP contribution in [0.15, 0.2) is 24.3 Å². The summed E-state index contributed by atoms with van der Waals surface area (Å²) in [7, 11) is 0. The minimum atomic E-state index is -0.439. The van der Waals surface area contributed by atoms with Crippen LogP contribution < -0.4 is 10.6 Å². The molecule has 0 saturated heterocycles. The van der Waals surface area contributed by atoms with E-state index in [0.717, 1.165) is 19.3 Å². The Kier molecular flexibility index (Phi) is 4.76. The van der Waals surface area contributed by atoms with Crippen LogP contribution in [-0.2, 0) is 11.2 Å². The number of anilines is 1. The van der Waals surface area contributed by atoms with E-state index in [-0.39, 0.29) is 12.1 Å². The predicted molar refractivity (Wildman–Crippen MR) is 85.6 cm³/mol. The highest BCUT2D eigenvalue weighted by molar-refractivity contribution is 5.68. The summed E-state index contributed by atoms with van der Waals surface area (Å²) in [5.74, 6) is 0. The van der Waals surface area contributed by atoms with Crippen LogP contribution in [0.5, 0.6) is 0 Å². The van der Waals surface area contributed by atoms with E-state index in [1.54, 1.807) is 0 Å². The van der Waals surface area contributed by atoms with Gasteiger partial charge in [-0.3, -0.25) is 0 Å². The molecule has 2 rings (SSSR count). The van der Waals surface area contributed by atoms with E-state index in [9.17, 15) is 4.79 Å². The summed E-state index contributed by atoms with van der Waals surface area (Å²) >= 11 is 0. The van der Waals surface area contributed by atoms with Crippen molar-refractivity contribution in [3.8, 4) is 0 Å². The van der Waals surface area contributed by atoms with Crippen LogP contribution in [-0.4, -0.2) is 23.8 Å². The number of nitrogens with one attached hydrogen (secondary N) is 2. The molecule has 1 fully saturated rings. The average molecular weight is 290 g/mol. The first kappa shape index (κ1) is 15.7. The molecule has 1 aromatic carbocycles. The van der Waals surface area contributed by atoms with Crippen LogP contribution in [0.2, 0.25) is 0 Å². The lowest BCUT2D eigenvalue weighted by Gasteiger charge is -2.37. The summed E-state index contributed by atoms with van der Waals surface area (Å²) in [4.78, 5) is 11.7. The fourth-order valence-electron chi connectivity index (χ4n) is 2.52. The highest BCUT2D eigenvalue weighted by Crippen LogP contribution is 2.26. The largest absolute Gasteiger partial charge is 0.444 e. The number of aryl methyl sites for hydroxylation is 1. The van der Waals surface area contributed by atoms with Gasteiger partial charge in [-0.1, -0.05) is 25.1 Å². The molecule has 0 aromatic heterocycles. The average Bonchev–Trinajstić information content (AvgIpc) is 2.34. The van der Waals surface area contributed by atoms with Crippen molar-refractivity contribution in [2.45, 2.75) is 64.6 Å². The van der Waals surface area contributed by atoms with Crippen LogP contribution in [0.4, 0.5) is 10.5 Å². The smallest absolute Gasteiger partial charge is 0.407 e. The summed E-state index contributed by atoms with van der Waals surface area (Å²) in [5.41, 5.74) is 2.10. The van der Waals surface area contributed by atoms with Gasteiger partial charge in [0, 0.05) is 17.8 Å². The lowest BCUT2D eigenvalue weighted by atomic mass is 9.86. The zero-order valence-corrected chi connectivity index (χ0v) is 13.4. The molecule has 0 radical (unpaired) electrons. The maximum absolute atomic E-state index is 11.7. The number of ether oxygens (including phenoxy) is 1. The fourth-order valence-corrected chi connectivity index (χ4v) is 2.52. The maximum atomic E-state index is 11.7. The third kappa shape index (κ3) is 4.66. The van der Waals surface area contributed by atoms with Crippen molar-refractivity contribution >= 4 is 11.8 Å². The minimum absolute atomic E-state index is 0.214. The van der Waals surface area contributed by atoms with E-state index in [0.29, 0.717) is 6.04 Å². The quantitative estimate of drug-likeness (QED) is 0.888. The second kappa shape index (κ2) is 6.37. The number of amides is 1. The molecule has 0 unspecified atom stereocenters. The van der Waals surface area contributed by atoms with Crippen LogP contribution in [0, 0.1) is 0 Å². The second-order valence-electron chi connectivity index (χ2n) is 6.67. The summed E-state index contributed by atoms with van der Waals surface area (Å²) in [6.45, 7) is 7.78. The van der Waals surface area contributed by atoms with E-state index in [1.807, 2.05) is 20.8 Å². The number of carbonyl (C=O) groups excluding carboxylic acids is 1. The number of benzene rings is 1. The molecule has 21 heavy (non-hydrogen) atoms. The third-order valence-corrected chi connectivity index (χ3v) is 3.62. The molecule has 4 heteroatoms. The number of alkyl carbamates (subject to hydrolysis) is 1. The Morgan fingerprint density at radius 3 is 2.52 bits per heavy atom. The van der Waals surface area contributed by atoms with Gasteiger partial charge in [-0.2, -0.15) is 0 Å². The summed E-state index contributed by atoms with van der Waals surface area (Å²) in [6.07, 6.45) is 2.59. The Morgan fingerprint density at radius 1 is 1.24 bits per heavy atom. The predicted octanol–water partition coefficient (Wildman–Crippen LogP) is 3.72. The van der Waals surface area contributed by atoms with E-state index in [1.165, 1.54) is 11.3 Å². The van der Waals surface area contributed by atoms with Gasteiger partial charge in [-0.15, -0.1) is 0 Å². The van der Waals surface area contributed by atoms with E-state index < -0.39 is 5.60 Å². The normalized spacial score (nSPS) is 21.3. The number of hydrogen-bond donors (Lipinski definition) is 2. The van der Waals surface area contributed by atoms with Gasteiger partial charge in [0.15, 0.2) is 0 Å². The molecule has 1 aliphatic carbocycles. The molecule has 1 aromatic rings. The lowest BCUT2D eigenvalue weighted by molar-refractivity contribution is 0.0475. The topological polar surface area (TPSA) is 50.4 Å². The first-order chi connectivity index (χ1) is 9.87. The Bertz CT molecular complexity index is 488. The Labute approximate surface area is 127 Å². The van der Waals surface area contributed by atoms with Gasteiger partial charge < -0.3 is 15.4 Å². The molecule has 4 nitrogen and oxygen atoms in total. The third-order valence-electron chi connectivity index (χ3n) is 3.62. The standard InChI is InChI=1S/C17H26N2O2/c1-5-12-8-6-7-9-15(12)18-13-10-14(11-13)19-16(20)21-17(2,3)4/h6-9,13-14,18H,5,10-11H2,1-4H3,(H,19,20). The molecule has 0 heterocycles. The van der Waals surface area contributed by atoms with E-state index in [2.05, 4.69) is 41.8 Å². The minimum Gasteiger partial charge on any atom is -0.444 e. The molecule has 1 amide bonds. The Hall–Kier alpha value is -1.71. The number of hydrogen-bond acceptors (Lipinski definition) is 3. The molecule has 116 valence electrons. The highest BCUT2D eigenvalue weighted by atomic mass is 16.6. The lowest BCUT2D eigenvalue weighted by Crippen LogP contribution is -2.50. The molecule has 2 N–H and O–H groups in total. The van der Waals surface area contributed by atoms with Crippen molar-refractivity contribution in [3.63, 3.8) is 0 Å². The van der Waals surface area contributed by atoms with Crippen LogP contribution >= 0.6 is 0 Å². The van der Waals surface area contributed by atoms with Crippen molar-refractivity contribution in [3.05, 3.63) is 29.8 Å². The monoisotopic (exact) mass is 290 g/mol. The molecule has 0 aliphatic heterocycles.